The highest BCUT2D eigenvalue weighted by Crippen LogP contribution is 2.32. The molecule has 1 atom stereocenters. The summed E-state index contributed by atoms with van der Waals surface area (Å²) in [6, 6.07) is 15.9. The van der Waals surface area contributed by atoms with Crippen molar-refractivity contribution >= 4 is 28.9 Å². The van der Waals surface area contributed by atoms with E-state index in [9.17, 15) is 9.59 Å². The highest BCUT2D eigenvalue weighted by atomic mass is 16.2. The number of nitrogens with zero attached hydrogens (tertiary/aromatic N) is 2. The maximum Gasteiger partial charge on any atom is 0.236 e. The topological polar surface area (TPSA) is 52.7 Å². The van der Waals surface area contributed by atoms with Gasteiger partial charge in [0.05, 0.1) is 0 Å². The number of nitrogens with one attached hydrogen (secondary N) is 1. The Kier molecular flexibility index (Phi) is 4.84. The molecule has 0 radical (unpaired) electrons. The molecular weight excluding hydrogens is 338 g/mol. The molecule has 0 aromatic heterocycles. The lowest BCUT2D eigenvalue weighted by Gasteiger charge is -2.22. The number of hydrogen-bond acceptors (Lipinski definition) is 3. The molecular formula is C22H25N3O2. The maximum absolute atomic E-state index is 12.7. The van der Waals surface area contributed by atoms with E-state index in [2.05, 4.69) is 10.2 Å². The molecule has 2 amide bonds. The van der Waals surface area contributed by atoms with E-state index in [4.69, 9.17) is 0 Å². The molecule has 0 saturated carbocycles. The summed E-state index contributed by atoms with van der Waals surface area (Å²) in [5.74, 6) is -0.427. The molecule has 2 heterocycles. The number of hydrogen-bond donors (Lipinski definition) is 1. The third-order valence-electron chi connectivity index (χ3n) is 5.41. The number of anilines is 3. The van der Waals surface area contributed by atoms with Gasteiger partial charge in [-0.15, -0.1) is 0 Å². The number of amides is 2. The number of fused-ring (bicyclic) bond motifs is 1. The number of carbonyl (C=O) groups excluding carboxylic acids is 2. The van der Waals surface area contributed by atoms with Crippen molar-refractivity contribution in [1.29, 1.82) is 0 Å². The van der Waals surface area contributed by atoms with Gasteiger partial charge >= 0.3 is 0 Å². The summed E-state index contributed by atoms with van der Waals surface area (Å²) >= 11 is 0. The van der Waals surface area contributed by atoms with E-state index in [1.807, 2.05) is 55.5 Å². The average Bonchev–Trinajstić information content (AvgIpc) is 3.29. The Balaban J connectivity index is 1.37. The second-order valence-corrected chi connectivity index (χ2v) is 7.41. The molecule has 140 valence electrons. The van der Waals surface area contributed by atoms with Crippen LogP contribution in [0.15, 0.2) is 48.5 Å². The van der Waals surface area contributed by atoms with Crippen molar-refractivity contribution in [1.82, 2.24) is 0 Å². The van der Waals surface area contributed by atoms with Crippen molar-refractivity contribution in [2.45, 2.75) is 38.6 Å². The highest BCUT2D eigenvalue weighted by Gasteiger charge is 2.31. The Hall–Kier alpha value is -2.82. The lowest BCUT2D eigenvalue weighted by Crippen LogP contribution is -2.37. The smallest absolute Gasteiger partial charge is 0.236 e. The van der Waals surface area contributed by atoms with E-state index in [0.29, 0.717) is 0 Å². The first kappa shape index (κ1) is 17.6. The molecule has 5 heteroatoms. The second kappa shape index (κ2) is 7.43. The van der Waals surface area contributed by atoms with Crippen molar-refractivity contribution in [2.24, 2.45) is 0 Å². The van der Waals surface area contributed by atoms with Crippen LogP contribution in [0.3, 0.4) is 0 Å². The zero-order valence-corrected chi connectivity index (χ0v) is 15.6. The number of carbonyl (C=O) groups is 2. The Morgan fingerprint density at radius 2 is 1.74 bits per heavy atom. The van der Waals surface area contributed by atoms with Gasteiger partial charge in [-0.1, -0.05) is 18.2 Å². The van der Waals surface area contributed by atoms with Crippen molar-refractivity contribution in [3.05, 3.63) is 54.1 Å². The summed E-state index contributed by atoms with van der Waals surface area (Å²) < 4.78 is 0. The van der Waals surface area contributed by atoms with Crippen LogP contribution in [0.2, 0.25) is 0 Å². The SMILES string of the molecule is CC1Cc2ccccc2N1C(=O)CC(=O)Nc1ccc(N2CCCC2)cc1. The standard InChI is InChI=1S/C22H25N3O2/c1-16-14-17-6-2-3-7-20(17)25(16)22(27)15-21(26)23-18-8-10-19(11-9-18)24-12-4-5-13-24/h2-3,6-11,16H,4-5,12-15H2,1H3,(H,23,26). The Labute approximate surface area is 160 Å². The summed E-state index contributed by atoms with van der Waals surface area (Å²) in [5, 5.41) is 2.85. The Morgan fingerprint density at radius 3 is 2.48 bits per heavy atom. The lowest BCUT2D eigenvalue weighted by atomic mass is 10.1. The van der Waals surface area contributed by atoms with Crippen LogP contribution < -0.4 is 15.1 Å². The molecule has 0 aliphatic carbocycles. The van der Waals surface area contributed by atoms with Gasteiger partial charge in [0.25, 0.3) is 0 Å². The lowest BCUT2D eigenvalue weighted by molar-refractivity contribution is -0.125. The van der Waals surface area contributed by atoms with Crippen LogP contribution in [0.4, 0.5) is 17.1 Å². The molecule has 2 aliphatic heterocycles. The predicted molar refractivity (Wildman–Crippen MR) is 108 cm³/mol. The molecule has 2 aromatic rings. The maximum atomic E-state index is 12.7. The number of benzene rings is 2. The Bertz CT molecular complexity index is 841. The van der Waals surface area contributed by atoms with Gasteiger partial charge in [0.1, 0.15) is 6.42 Å². The molecule has 1 N–H and O–H groups in total. The summed E-state index contributed by atoms with van der Waals surface area (Å²) in [7, 11) is 0. The molecule has 1 fully saturated rings. The van der Waals surface area contributed by atoms with E-state index in [1.165, 1.54) is 18.5 Å². The molecule has 0 spiro atoms. The van der Waals surface area contributed by atoms with Crippen LogP contribution >= 0.6 is 0 Å². The van der Waals surface area contributed by atoms with Crippen LogP contribution in [-0.2, 0) is 16.0 Å². The Morgan fingerprint density at radius 1 is 1.04 bits per heavy atom. The molecule has 27 heavy (non-hydrogen) atoms. The first-order valence-corrected chi connectivity index (χ1v) is 9.66. The van der Waals surface area contributed by atoms with E-state index in [-0.39, 0.29) is 24.3 Å². The van der Waals surface area contributed by atoms with Crippen LogP contribution in [0, 0.1) is 0 Å². The molecule has 4 rings (SSSR count). The fourth-order valence-electron chi connectivity index (χ4n) is 4.10. The molecule has 5 nitrogen and oxygen atoms in total. The minimum absolute atomic E-state index is 0.0856. The van der Waals surface area contributed by atoms with E-state index >= 15 is 0 Å². The van der Waals surface area contributed by atoms with Crippen molar-refractivity contribution in [3.8, 4) is 0 Å². The predicted octanol–water partition coefficient (Wildman–Crippen LogP) is 3.59. The van der Waals surface area contributed by atoms with Crippen LogP contribution in [-0.4, -0.2) is 30.9 Å². The van der Waals surface area contributed by atoms with Gasteiger partial charge in [-0.05, 0) is 62.1 Å². The van der Waals surface area contributed by atoms with Crippen LogP contribution in [0.25, 0.3) is 0 Å². The normalized spacial score (nSPS) is 18.5. The van der Waals surface area contributed by atoms with Crippen LogP contribution in [0.5, 0.6) is 0 Å². The third-order valence-corrected chi connectivity index (χ3v) is 5.41. The van der Waals surface area contributed by atoms with Crippen molar-refractivity contribution in [2.75, 3.05) is 28.2 Å². The zero-order valence-electron chi connectivity index (χ0n) is 15.6. The van der Waals surface area contributed by atoms with Gasteiger partial charge in [0, 0.05) is 36.2 Å². The van der Waals surface area contributed by atoms with Gasteiger partial charge < -0.3 is 15.1 Å². The molecule has 2 aromatic carbocycles. The van der Waals surface area contributed by atoms with Gasteiger partial charge in [-0.3, -0.25) is 9.59 Å². The minimum atomic E-state index is -0.273. The fraction of sp³-hybridized carbons (Fsp3) is 0.364. The quantitative estimate of drug-likeness (QED) is 0.845. The summed E-state index contributed by atoms with van der Waals surface area (Å²) in [6.45, 7) is 4.21. The molecule has 0 bridgehead atoms. The molecule has 1 unspecified atom stereocenters. The van der Waals surface area contributed by atoms with E-state index in [0.717, 1.165) is 36.4 Å². The first-order valence-electron chi connectivity index (χ1n) is 9.66. The largest absolute Gasteiger partial charge is 0.372 e. The zero-order chi connectivity index (χ0) is 18.8. The highest BCUT2D eigenvalue weighted by molar-refractivity contribution is 6.10. The first-order chi connectivity index (χ1) is 13.1. The van der Waals surface area contributed by atoms with Gasteiger partial charge in [0.15, 0.2) is 0 Å². The minimum Gasteiger partial charge on any atom is -0.372 e. The van der Waals surface area contributed by atoms with E-state index in [1.54, 1.807) is 4.90 Å². The van der Waals surface area contributed by atoms with Crippen molar-refractivity contribution < 1.29 is 9.59 Å². The van der Waals surface area contributed by atoms with Crippen molar-refractivity contribution in [3.63, 3.8) is 0 Å². The third kappa shape index (κ3) is 3.68. The number of rotatable bonds is 4. The van der Waals surface area contributed by atoms with Gasteiger partial charge in [-0.25, -0.2) is 0 Å². The fourth-order valence-corrected chi connectivity index (χ4v) is 4.10. The van der Waals surface area contributed by atoms with Crippen LogP contribution in [0.1, 0.15) is 31.7 Å². The van der Waals surface area contributed by atoms with Gasteiger partial charge in [-0.2, -0.15) is 0 Å². The molecule has 2 aliphatic rings. The van der Waals surface area contributed by atoms with E-state index < -0.39 is 0 Å². The van der Waals surface area contributed by atoms with Gasteiger partial charge in [0.2, 0.25) is 11.8 Å². The summed E-state index contributed by atoms with van der Waals surface area (Å²) in [4.78, 5) is 29.2. The average molecular weight is 363 g/mol. The summed E-state index contributed by atoms with van der Waals surface area (Å²) in [5.41, 5.74) is 4.00. The monoisotopic (exact) mass is 363 g/mol. The molecule has 1 saturated heterocycles. The second-order valence-electron chi connectivity index (χ2n) is 7.41. The summed E-state index contributed by atoms with van der Waals surface area (Å²) in [6.07, 6.45) is 3.16. The number of para-hydroxylation sites is 1.